The normalized spacial score (nSPS) is 12.1. The van der Waals surface area contributed by atoms with Gasteiger partial charge in [-0.3, -0.25) is 14.3 Å². The number of rotatable bonds is 4. The van der Waals surface area contributed by atoms with Gasteiger partial charge in [-0.05, 0) is 13.0 Å². The number of amides is 1. The van der Waals surface area contributed by atoms with Crippen molar-refractivity contribution in [2.75, 3.05) is 7.05 Å². The van der Waals surface area contributed by atoms with Crippen molar-refractivity contribution in [1.29, 1.82) is 0 Å². The molecule has 0 aliphatic rings. The SMILES string of the molecule is CNC(=O)c1ccn(C(C)CC(=O)O)n1. The van der Waals surface area contributed by atoms with Crippen molar-refractivity contribution in [3.8, 4) is 0 Å². The van der Waals surface area contributed by atoms with E-state index >= 15 is 0 Å². The van der Waals surface area contributed by atoms with Crippen molar-refractivity contribution in [3.63, 3.8) is 0 Å². The maximum atomic E-state index is 11.2. The number of nitrogens with zero attached hydrogens (tertiary/aromatic N) is 2. The van der Waals surface area contributed by atoms with E-state index in [0.717, 1.165) is 0 Å². The number of aromatic nitrogens is 2. The van der Waals surface area contributed by atoms with Gasteiger partial charge in [0.25, 0.3) is 5.91 Å². The molecule has 0 aromatic carbocycles. The number of carbonyl (C=O) groups is 2. The quantitative estimate of drug-likeness (QED) is 0.749. The second kappa shape index (κ2) is 4.59. The number of aliphatic carboxylic acids is 1. The van der Waals surface area contributed by atoms with Crippen LogP contribution in [0, 0.1) is 0 Å². The Labute approximate surface area is 86.9 Å². The van der Waals surface area contributed by atoms with Gasteiger partial charge in [-0.1, -0.05) is 0 Å². The minimum Gasteiger partial charge on any atom is -0.481 e. The van der Waals surface area contributed by atoms with Crippen LogP contribution in [0.5, 0.6) is 0 Å². The molecule has 1 aromatic heterocycles. The molecule has 0 spiro atoms. The lowest BCUT2D eigenvalue weighted by Gasteiger charge is -2.08. The highest BCUT2D eigenvalue weighted by molar-refractivity contribution is 5.91. The van der Waals surface area contributed by atoms with E-state index in [9.17, 15) is 9.59 Å². The van der Waals surface area contributed by atoms with Crippen LogP contribution in [0.4, 0.5) is 0 Å². The highest BCUT2D eigenvalue weighted by atomic mass is 16.4. The zero-order valence-electron chi connectivity index (χ0n) is 8.60. The molecule has 0 radical (unpaired) electrons. The van der Waals surface area contributed by atoms with Crippen LogP contribution in [0.3, 0.4) is 0 Å². The Morgan fingerprint density at radius 2 is 2.33 bits per heavy atom. The summed E-state index contributed by atoms with van der Waals surface area (Å²) in [5.74, 6) is -1.17. The lowest BCUT2D eigenvalue weighted by Crippen LogP contribution is -2.19. The summed E-state index contributed by atoms with van der Waals surface area (Å²) in [5.41, 5.74) is 0.287. The van der Waals surface area contributed by atoms with Crippen molar-refractivity contribution in [2.24, 2.45) is 0 Å². The largest absolute Gasteiger partial charge is 0.481 e. The van der Waals surface area contributed by atoms with Gasteiger partial charge in [0.2, 0.25) is 0 Å². The molecule has 1 atom stereocenters. The minimum atomic E-state index is -0.889. The monoisotopic (exact) mass is 211 g/mol. The van der Waals surface area contributed by atoms with Crippen LogP contribution in [-0.4, -0.2) is 33.8 Å². The summed E-state index contributed by atoms with van der Waals surface area (Å²) in [5, 5.41) is 15.0. The average molecular weight is 211 g/mol. The zero-order chi connectivity index (χ0) is 11.4. The van der Waals surface area contributed by atoms with E-state index in [0.29, 0.717) is 0 Å². The summed E-state index contributed by atoms with van der Waals surface area (Å²) in [4.78, 5) is 21.6. The van der Waals surface area contributed by atoms with E-state index in [4.69, 9.17) is 5.11 Å². The van der Waals surface area contributed by atoms with Crippen molar-refractivity contribution in [1.82, 2.24) is 15.1 Å². The van der Waals surface area contributed by atoms with Gasteiger partial charge in [0.15, 0.2) is 0 Å². The number of hydrogen-bond acceptors (Lipinski definition) is 3. The van der Waals surface area contributed by atoms with Gasteiger partial charge in [0.05, 0.1) is 12.5 Å². The van der Waals surface area contributed by atoms with Crippen LogP contribution in [0.2, 0.25) is 0 Å². The number of hydrogen-bond donors (Lipinski definition) is 2. The number of nitrogens with one attached hydrogen (secondary N) is 1. The molecule has 0 fully saturated rings. The second-order valence-corrected chi connectivity index (χ2v) is 3.21. The molecule has 6 heteroatoms. The van der Waals surface area contributed by atoms with Gasteiger partial charge < -0.3 is 10.4 Å². The molecule has 0 bridgehead atoms. The molecule has 0 saturated carbocycles. The number of carboxylic acids is 1. The van der Waals surface area contributed by atoms with E-state index in [1.165, 1.54) is 11.7 Å². The predicted molar refractivity (Wildman–Crippen MR) is 52.6 cm³/mol. The summed E-state index contributed by atoms with van der Waals surface area (Å²) in [6.45, 7) is 1.73. The zero-order valence-corrected chi connectivity index (χ0v) is 8.60. The van der Waals surface area contributed by atoms with Gasteiger partial charge in [0.1, 0.15) is 5.69 Å². The number of carboxylic acid groups (broad SMARTS) is 1. The molecule has 2 N–H and O–H groups in total. The third-order valence-corrected chi connectivity index (χ3v) is 1.99. The van der Waals surface area contributed by atoms with E-state index in [1.807, 2.05) is 0 Å². The second-order valence-electron chi connectivity index (χ2n) is 3.21. The fourth-order valence-electron chi connectivity index (χ4n) is 1.18. The highest BCUT2D eigenvalue weighted by Crippen LogP contribution is 2.09. The molecule has 1 aromatic rings. The molecular weight excluding hydrogens is 198 g/mol. The highest BCUT2D eigenvalue weighted by Gasteiger charge is 2.13. The summed E-state index contributed by atoms with van der Waals surface area (Å²) in [6.07, 6.45) is 1.58. The third kappa shape index (κ3) is 2.80. The molecule has 0 aliphatic heterocycles. The Morgan fingerprint density at radius 1 is 1.67 bits per heavy atom. The fraction of sp³-hybridized carbons (Fsp3) is 0.444. The smallest absolute Gasteiger partial charge is 0.305 e. The van der Waals surface area contributed by atoms with Crippen molar-refractivity contribution in [2.45, 2.75) is 19.4 Å². The van der Waals surface area contributed by atoms with Gasteiger partial charge in [-0.2, -0.15) is 5.10 Å². The maximum Gasteiger partial charge on any atom is 0.305 e. The van der Waals surface area contributed by atoms with Crippen LogP contribution in [0.15, 0.2) is 12.3 Å². The molecule has 82 valence electrons. The van der Waals surface area contributed by atoms with Gasteiger partial charge in [-0.15, -0.1) is 0 Å². The Balaban J connectivity index is 2.75. The molecule has 1 amide bonds. The molecule has 0 aliphatic carbocycles. The topological polar surface area (TPSA) is 84.2 Å². The van der Waals surface area contributed by atoms with Crippen molar-refractivity contribution in [3.05, 3.63) is 18.0 Å². The Bertz CT molecular complexity index is 372. The minimum absolute atomic E-state index is 0.0190. The lowest BCUT2D eigenvalue weighted by atomic mass is 10.2. The standard InChI is InChI=1S/C9H13N3O3/c1-6(5-8(13)14)12-4-3-7(11-12)9(15)10-2/h3-4,6H,5H2,1-2H3,(H,10,15)(H,13,14). The third-order valence-electron chi connectivity index (χ3n) is 1.99. The summed E-state index contributed by atoms with van der Waals surface area (Å²) < 4.78 is 1.47. The lowest BCUT2D eigenvalue weighted by molar-refractivity contribution is -0.137. The Morgan fingerprint density at radius 3 is 2.87 bits per heavy atom. The Kier molecular flexibility index (Phi) is 3.43. The van der Waals surface area contributed by atoms with Crippen LogP contribution in [0.1, 0.15) is 29.9 Å². The Hall–Kier alpha value is -1.85. The average Bonchev–Trinajstić information content (AvgIpc) is 2.64. The summed E-state index contributed by atoms with van der Waals surface area (Å²) in [7, 11) is 1.52. The van der Waals surface area contributed by atoms with Crippen LogP contribution >= 0.6 is 0 Å². The van der Waals surface area contributed by atoms with Crippen LogP contribution in [0.25, 0.3) is 0 Å². The number of carbonyl (C=O) groups excluding carboxylic acids is 1. The first-order valence-electron chi connectivity index (χ1n) is 4.53. The maximum absolute atomic E-state index is 11.2. The van der Waals surface area contributed by atoms with Gasteiger partial charge >= 0.3 is 5.97 Å². The van der Waals surface area contributed by atoms with Gasteiger partial charge in [0, 0.05) is 13.2 Å². The van der Waals surface area contributed by atoms with Crippen molar-refractivity contribution >= 4 is 11.9 Å². The first kappa shape index (κ1) is 11.2. The van der Waals surface area contributed by atoms with E-state index in [-0.39, 0.29) is 24.1 Å². The molecule has 15 heavy (non-hydrogen) atoms. The summed E-state index contributed by atoms with van der Waals surface area (Å²) >= 11 is 0. The van der Waals surface area contributed by atoms with E-state index in [2.05, 4.69) is 10.4 Å². The predicted octanol–water partition coefficient (Wildman–Crippen LogP) is 0.278. The molecule has 1 heterocycles. The van der Waals surface area contributed by atoms with Crippen LogP contribution < -0.4 is 5.32 Å². The van der Waals surface area contributed by atoms with Gasteiger partial charge in [-0.25, -0.2) is 0 Å². The molecule has 1 unspecified atom stereocenters. The molecule has 6 nitrogen and oxygen atoms in total. The van der Waals surface area contributed by atoms with Crippen LogP contribution in [-0.2, 0) is 4.79 Å². The first-order chi connectivity index (χ1) is 7.04. The van der Waals surface area contributed by atoms with E-state index < -0.39 is 5.97 Å². The van der Waals surface area contributed by atoms with E-state index in [1.54, 1.807) is 19.2 Å². The molecule has 0 saturated heterocycles. The fourth-order valence-corrected chi connectivity index (χ4v) is 1.18. The molecular formula is C9H13N3O3. The summed E-state index contributed by atoms with van der Waals surface area (Å²) in [6, 6.07) is 1.29. The van der Waals surface area contributed by atoms with Crippen molar-refractivity contribution < 1.29 is 14.7 Å². The first-order valence-corrected chi connectivity index (χ1v) is 4.53. The molecule has 1 rings (SSSR count).